The maximum atomic E-state index is 12.2. The Kier molecular flexibility index (Phi) is 2.77. The van der Waals surface area contributed by atoms with Gasteiger partial charge in [-0.15, -0.1) is 0 Å². The van der Waals surface area contributed by atoms with Crippen molar-refractivity contribution in [2.45, 2.75) is 20.3 Å². The number of hydrogen-bond donors (Lipinski definition) is 1. The summed E-state index contributed by atoms with van der Waals surface area (Å²) in [5.41, 5.74) is 5.98. The highest BCUT2D eigenvalue weighted by molar-refractivity contribution is 6.23. The van der Waals surface area contributed by atoms with Crippen LogP contribution in [0, 0.1) is 5.41 Å². The van der Waals surface area contributed by atoms with Crippen LogP contribution < -0.4 is 15.4 Å². The number of hydrogen-bond acceptors (Lipinski definition) is 4. The third-order valence-corrected chi connectivity index (χ3v) is 3.10. The van der Waals surface area contributed by atoms with Crippen LogP contribution in [0.1, 0.15) is 20.3 Å². The molecule has 1 heterocycles. The molecule has 18 heavy (non-hydrogen) atoms. The summed E-state index contributed by atoms with van der Waals surface area (Å²) >= 11 is 0. The molecule has 5 heteroatoms. The first-order chi connectivity index (χ1) is 8.36. The van der Waals surface area contributed by atoms with Crippen LogP contribution >= 0.6 is 0 Å². The number of anilines is 2. The molecule has 96 valence electrons. The molecule has 2 N–H and O–H groups in total. The Balaban J connectivity index is 2.44. The van der Waals surface area contributed by atoms with Gasteiger partial charge in [0.1, 0.15) is 5.75 Å². The minimum Gasteiger partial charge on any atom is -0.497 e. The Labute approximate surface area is 106 Å². The number of rotatable bonds is 2. The summed E-state index contributed by atoms with van der Waals surface area (Å²) in [6.07, 6.45) is 0.206. The Morgan fingerprint density at radius 1 is 1.33 bits per heavy atom. The lowest BCUT2D eigenvalue weighted by Crippen LogP contribution is -2.33. The maximum absolute atomic E-state index is 12.2. The molecule has 2 rings (SSSR count). The molecule has 5 nitrogen and oxygen atoms in total. The van der Waals surface area contributed by atoms with Crippen molar-refractivity contribution in [3.05, 3.63) is 18.2 Å². The smallest absolute Gasteiger partial charge is 0.240 e. The van der Waals surface area contributed by atoms with E-state index in [0.717, 1.165) is 4.90 Å². The molecule has 0 spiro atoms. The molecule has 1 aliphatic rings. The molecular weight excluding hydrogens is 232 g/mol. The van der Waals surface area contributed by atoms with E-state index in [1.165, 1.54) is 7.11 Å². The molecule has 1 aromatic rings. The normalized spacial score (nSPS) is 18.3. The van der Waals surface area contributed by atoms with Crippen LogP contribution in [0.3, 0.4) is 0 Å². The highest BCUT2D eigenvalue weighted by Crippen LogP contribution is 2.38. The molecule has 0 unspecified atom stereocenters. The molecule has 0 aliphatic carbocycles. The summed E-state index contributed by atoms with van der Waals surface area (Å²) in [5.74, 6) is 0.154. The molecule has 1 aliphatic heterocycles. The first-order valence-corrected chi connectivity index (χ1v) is 5.68. The number of carbonyl (C=O) groups excluding carboxylic acids is 2. The summed E-state index contributed by atoms with van der Waals surface area (Å²) in [5, 5.41) is 0. The van der Waals surface area contributed by atoms with Gasteiger partial charge in [-0.1, -0.05) is 13.8 Å². The van der Waals surface area contributed by atoms with Gasteiger partial charge in [0.15, 0.2) is 0 Å². The Morgan fingerprint density at radius 2 is 2.00 bits per heavy atom. The zero-order valence-corrected chi connectivity index (χ0v) is 10.7. The van der Waals surface area contributed by atoms with Gasteiger partial charge in [-0.05, 0) is 12.1 Å². The summed E-state index contributed by atoms with van der Waals surface area (Å²) in [7, 11) is 1.53. The number of amides is 2. The van der Waals surface area contributed by atoms with E-state index in [2.05, 4.69) is 0 Å². The van der Waals surface area contributed by atoms with Gasteiger partial charge in [-0.25, -0.2) is 4.90 Å². The Morgan fingerprint density at radius 3 is 2.44 bits per heavy atom. The first-order valence-electron chi connectivity index (χ1n) is 5.68. The predicted molar refractivity (Wildman–Crippen MR) is 68.3 cm³/mol. The van der Waals surface area contributed by atoms with E-state index in [4.69, 9.17) is 10.5 Å². The number of nitrogens with zero attached hydrogens (tertiary/aromatic N) is 1. The molecule has 1 fully saturated rings. The van der Waals surface area contributed by atoms with Gasteiger partial charge in [-0.2, -0.15) is 0 Å². The molecule has 2 amide bonds. The quantitative estimate of drug-likeness (QED) is 0.637. The average Bonchev–Trinajstić information content (AvgIpc) is 2.49. The van der Waals surface area contributed by atoms with Crippen molar-refractivity contribution < 1.29 is 14.3 Å². The largest absolute Gasteiger partial charge is 0.497 e. The van der Waals surface area contributed by atoms with Gasteiger partial charge in [0.25, 0.3) is 0 Å². The van der Waals surface area contributed by atoms with Crippen LogP contribution in [-0.4, -0.2) is 18.9 Å². The van der Waals surface area contributed by atoms with Crippen LogP contribution in [0.15, 0.2) is 18.2 Å². The minimum atomic E-state index is -0.663. The predicted octanol–water partition coefficient (Wildman–Crippen LogP) is 1.57. The van der Waals surface area contributed by atoms with E-state index in [1.54, 1.807) is 32.0 Å². The monoisotopic (exact) mass is 248 g/mol. The summed E-state index contributed by atoms with van der Waals surface area (Å²) in [4.78, 5) is 25.3. The lowest BCUT2D eigenvalue weighted by Gasteiger charge is -2.19. The molecule has 0 aromatic heterocycles. The minimum absolute atomic E-state index is 0.206. The summed E-state index contributed by atoms with van der Waals surface area (Å²) < 4.78 is 5.04. The number of methoxy groups -OCH3 is 1. The van der Waals surface area contributed by atoms with Gasteiger partial charge < -0.3 is 10.5 Å². The van der Waals surface area contributed by atoms with Gasteiger partial charge in [0.2, 0.25) is 11.8 Å². The molecule has 1 saturated heterocycles. The number of benzene rings is 1. The van der Waals surface area contributed by atoms with E-state index in [1.807, 2.05) is 0 Å². The van der Waals surface area contributed by atoms with Crippen molar-refractivity contribution in [2.75, 3.05) is 17.7 Å². The SMILES string of the molecule is COc1ccc(N2C(=O)CC(C)(C)C2=O)c(N)c1. The van der Waals surface area contributed by atoms with Gasteiger partial charge in [-0.3, -0.25) is 9.59 Å². The number of carbonyl (C=O) groups is 2. The number of nitrogens with two attached hydrogens (primary N) is 1. The highest BCUT2D eigenvalue weighted by Gasteiger charge is 2.45. The second-order valence-corrected chi connectivity index (χ2v) is 5.02. The lowest BCUT2D eigenvalue weighted by molar-refractivity contribution is -0.124. The second-order valence-electron chi connectivity index (χ2n) is 5.02. The van der Waals surface area contributed by atoms with Crippen molar-refractivity contribution in [2.24, 2.45) is 5.41 Å². The van der Waals surface area contributed by atoms with Crippen LogP contribution in [0.5, 0.6) is 5.75 Å². The van der Waals surface area contributed by atoms with E-state index in [9.17, 15) is 9.59 Å². The maximum Gasteiger partial charge on any atom is 0.240 e. The number of ether oxygens (including phenoxy) is 1. The van der Waals surface area contributed by atoms with Gasteiger partial charge in [0, 0.05) is 12.5 Å². The Hall–Kier alpha value is -2.04. The standard InChI is InChI=1S/C13H16N2O3/c1-13(2)7-11(16)15(12(13)17)10-5-4-8(18-3)6-9(10)14/h4-6H,7,14H2,1-3H3. The van der Waals surface area contributed by atoms with Gasteiger partial charge >= 0.3 is 0 Å². The first kappa shape index (κ1) is 12.4. The summed E-state index contributed by atoms with van der Waals surface area (Å²) in [6.45, 7) is 3.51. The topological polar surface area (TPSA) is 72.6 Å². The second kappa shape index (κ2) is 4.01. The lowest BCUT2D eigenvalue weighted by atomic mass is 9.92. The third kappa shape index (κ3) is 1.81. The van der Waals surface area contributed by atoms with E-state index in [-0.39, 0.29) is 18.2 Å². The molecule has 0 radical (unpaired) electrons. The molecule has 0 atom stereocenters. The zero-order valence-electron chi connectivity index (χ0n) is 10.7. The fourth-order valence-electron chi connectivity index (χ4n) is 2.06. The number of nitrogen functional groups attached to an aromatic ring is 1. The molecule has 1 aromatic carbocycles. The van der Waals surface area contributed by atoms with E-state index >= 15 is 0 Å². The third-order valence-electron chi connectivity index (χ3n) is 3.10. The van der Waals surface area contributed by atoms with Gasteiger partial charge in [0.05, 0.1) is 23.9 Å². The number of imide groups is 1. The van der Waals surface area contributed by atoms with Crippen LogP contribution in [0.2, 0.25) is 0 Å². The Bertz CT molecular complexity index is 523. The van der Waals surface area contributed by atoms with Crippen molar-refractivity contribution in [3.63, 3.8) is 0 Å². The molecule has 0 bridgehead atoms. The van der Waals surface area contributed by atoms with E-state index < -0.39 is 5.41 Å². The van der Waals surface area contributed by atoms with Crippen molar-refractivity contribution >= 4 is 23.2 Å². The zero-order chi connectivity index (χ0) is 13.5. The average molecular weight is 248 g/mol. The van der Waals surface area contributed by atoms with Crippen LogP contribution in [0.25, 0.3) is 0 Å². The highest BCUT2D eigenvalue weighted by atomic mass is 16.5. The fourth-order valence-corrected chi connectivity index (χ4v) is 2.06. The van der Waals surface area contributed by atoms with Crippen LogP contribution in [0.4, 0.5) is 11.4 Å². The van der Waals surface area contributed by atoms with Crippen molar-refractivity contribution in [1.82, 2.24) is 0 Å². The molecule has 0 saturated carbocycles. The summed E-state index contributed by atoms with van der Waals surface area (Å²) in [6, 6.07) is 4.91. The van der Waals surface area contributed by atoms with E-state index in [0.29, 0.717) is 17.1 Å². The van der Waals surface area contributed by atoms with Crippen molar-refractivity contribution in [1.29, 1.82) is 0 Å². The van der Waals surface area contributed by atoms with Crippen LogP contribution in [-0.2, 0) is 9.59 Å². The fraction of sp³-hybridized carbons (Fsp3) is 0.385. The molecular formula is C13H16N2O3. The van der Waals surface area contributed by atoms with Crippen molar-refractivity contribution in [3.8, 4) is 5.75 Å².